The molecule has 2 aromatic carbocycles. The Morgan fingerprint density at radius 2 is 1.70 bits per heavy atom. The molecule has 1 fully saturated rings. The Morgan fingerprint density at radius 3 is 2.30 bits per heavy atom. The first-order valence-corrected chi connectivity index (χ1v) is 13.6. The summed E-state index contributed by atoms with van der Waals surface area (Å²) in [5.41, 5.74) is 9.60. The van der Waals surface area contributed by atoms with E-state index in [2.05, 4.69) is 15.3 Å². The van der Waals surface area contributed by atoms with Crippen molar-refractivity contribution in [3.05, 3.63) is 58.5 Å². The zero-order chi connectivity index (χ0) is 32.4. The van der Waals surface area contributed by atoms with Crippen molar-refractivity contribution >= 4 is 40.6 Å². The molecule has 1 aliphatic heterocycles. The van der Waals surface area contributed by atoms with Crippen molar-refractivity contribution in [2.75, 3.05) is 13.7 Å². The van der Waals surface area contributed by atoms with Gasteiger partial charge in [0, 0.05) is 32.6 Å². The first-order chi connectivity index (χ1) is 20.9. The number of rotatable bonds is 12. The van der Waals surface area contributed by atoms with Crippen molar-refractivity contribution in [3.63, 3.8) is 0 Å². The van der Waals surface area contributed by atoms with Gasteiger partial charge in [-0.2, -0.15) is 0 Å². The molecule has 0 radical (unpaired) electrons. The number of methoxy groups -OCH3 is 1. The minimum atomic E-state index is -2.28. The third-order valence-electron chi connectivity index (χ3n) is 6.65. The van der Waals surface area contributed by atoms with Crippen molar-refractivity contribution in [1.29, 1.82) is 0 Å². The van der Waals surface area contributed by atoms with Crippen LogP contribution in [0, 0.1) is 0 Å². The number of amides is 1. The van der Waals surface area contributed by atoms with Crippen LogP contribution in [0.4, 0.5) is 0 Å². The van der Waals surface area contributed by atoms with Gasteiger partial charge in [-0.15, -0.1) is 0 Å². The molecule has 44 heavy (non-hydrogen) atoms. The Labute approximate surface area is 252 Å². The summed E-state index contributed by atoms with van der Waals surface area (Å²) in [5, 5.41) is 7.94. The second-order valence-electron chi connectivity index (χ2n) is 10.0. The van der Waals surface area contributed by atoms with Crippen LogP contribution in [0.3, 0.4) is 0 Å². The van der Waals surface area contributed by atoms with Gasteiger partial charge >= 0.3 is 23.9 Å². The Kier molecular flexibility index (Phi) is 11.6. The second-order valence-corrected chi connectivity index (χ2v) is 10.0. The Hall–Kier alpha value is -4.72. The third kappa shape index (κ3) is 8.66. The Balaban J connectivity index is 2.15. The highest BCUT2D eigenvalue weighted by Crippen LogP contribution is 2.37. The summed E-state index contributed by atoms with van der Waals surface area (Å²) in [4.78, 5) is 65.0. The quantitative estimate of drug-likeness (QED) is 0.121. The molecule has 0 bridgehead atoms. The van der Waals surface area contributed by atoms with E-state index in [0.717, 1.165) is 38.7 Å². The minimum Gasteiger partial charge on any atom is -0.465 e. The molecular weight excluding hydrogens is 580 g/mol. The van der Waals surface area contributed by atoms with Crippen LogP contribution in [-0.4, -0.2) is 79.7 Å². The summed E-state index contributed by atoms with van der Waals surface area (Å²) in [6.07, 6.45) is -6.39. The van der Waals surface area contributed by atoms with E-state index in [1.54, 1.807) is 6.07 Å². The van der Waals surface area contributed by atoms with Gasteiger partial charge < -0.3 is 33.7 Å². The number of carbonyl (C=O) groups excluding carboxylic acids is 5. The fraction of sp³-hybridized carbons (Fsp3) is 0.483. The molecule has 1 heterocycles. The number of hydrogen-bond acceptors (Lipinski definition) is 12. The molecule has 15 heteroatoms. The molecular formula is C29H34N4O11. The molecule has 1 N–H and O–H groups in total. The molecule has 0 unspecified atom stereocenters. The number of nitrogens with zero attached hydrogens (tertiary/aromatic N) is 3. The predicted octanol–water partition coefficient (Wildman–Crippen LogP) is 2.62. The number of hydrogen-bond donors (Lipinski definition) is 1. The van der Waals surface area contributed by atoms with Gasteiger partial charge in [0.25, 0.3) is 5.79 Å². The zero-order valence-electron chi connectivity index (χ0n) is 24.9. The van der Waals surface area contributed by atoms with Crippen LogP contribution in [0.5, 0.6) is 0 Å². The van der Waals surface area contributed by atoms with Crippen LogP contribution >= 0.6 is 0 Å². The third-order valence-corrected chi connectivity index (χ3v) is 6.65. The van der Waals surface area contributed by atoms with Gasteiger partial charge in [-0.25, -0.2) is 4.79 Å². The van der Waals surface area contributed by atoms with Gasteiger partial charge in [-0.05, 0) is 27.9 Å². The highest BCUT2D eigenvalue weighted by Gasteiger charge is 2.59. The van der Waals surface area contributed by atoms with Crippen LogP contribution in [0.1, 0.15) is 39.7 Å². The van der Waals surface area contributed by atoms with Crippen molar-refractivity contribution in [2.24, 2.45) is 5.11 Å². The lowest BCUT2D eigenvalue weighted by molar-refractivity contribution is -0.316. The topological polar surface area (TPSA) is 202 Å². The fourth-order valence-corrected chi connectivity index (χ4v) is 5.01. The van der Waals surface area contributed by atoms with Crippen molar-refractivity contribution < 1.29 is 52.4 Å². The molecule has 1 saturated heterocycles. The lowest BCUT2D eigenvalue weighted by Gasteiger charge is -2.48. The van der Waals surface area contributed by atoms with Gasteiger partial charge in [-0.1, -0.05) is 41.5 Å². The van der Waals surface area contributed by atoms with Gasteiger partial charge in [0.05, 0.1) is 32.7 Å². The Bertz CT molecular complexity index is 1440. The van der Waals surface area contributed by atoms with Crippen LogP contribution in [0.25, 0.3) is 21.2 Å². The lowest BCUT2D eigenvalue weighted by Crippen LogP contribution is -2.69. The summed E-state index contributed by atoms with van der Waals surface area (Å²) in [6, 6.07) is 11.8. The predicted molar refractivity (Wildman–Crippen MR) is 151 cm³/mol. The molecule has 0 spiro atoms. The molecule has 0 saturated carbocycles. The molecule has 236 valence electrons. The molecule has 0 aromatic heterocycles. The maximum Gasteiger partial charge on any atom is 0.366 e. The normalized spacial score (nSPS) is 22.4. The summed E-state index contributed by atoms with van der Waals surface area (Å²) < 4.78 is 33.8. The molecule has 2 aromatic rings. The number of esters is 4. The summed E-state index contributed by atoms with van der Waals surface area (Å²) in [7, 11) is 1.09. The van der Waals surface area contributed by atoms with Crippen LogP contribution in [0.15, 0.2) is 47.6 Å². The molecule has 3 rings (SSSR count). The van der Waals surface area contributed by atoms with Gasteiger partial charge in [0.15, 0.2) is 6.10 Å². The average molecular weight is 615 g/mol. The number of azide groups is 1. The van der Waals surface area contributed by atoms with E-state index in [-0.39, 0.29) is 6.61 Å². The highest BCUT2D eigenvalue weighted by atomic mass is 16.7. The molecule has 1 amide bonds. The van der Waals surface area contributed by atoms with Gasteiger partial charge in [0.1, 0.15) is 18.3 Å². The lowest BCUT2D eigenvalue weighted by atomic mass is 9.87. The summed E-state index contributed by atoms with van der Waals surface area (Å²) in [6.45, 7) is 3.74. The first kappa shape index (κ1) is 33.8. The molecule has 15 nitrogen and oxygen atoms in total. The number of nitrogens with one attached hydrogen (secondary N) is 1. The van der Waals surface area contributed by atoms with Crippen LogP contribution in [0.2, 0.25) is 0 Å². The van der Waals surface area contributed by atoms with Crippen LogP contribution in [-0.2, 0) is 59.0 Å². The minimum absolute atomic E-state index is 0.186. The van der Waals surface area contributed by atoms with Gasteiger partial charge in [-0.3, -0.25) is 19.2 Å². The van der Waals surface area contributed by atoms with Crippen LogP contribution < -0.4 is 5.32 Å². The Morgan fingerprint density at radius 1 is 1.02 bits per heavy atom. The van der Waals surface area contributed by atoms with E-state index in [0.29, 0.717) is 5.56 Å². The van der Waals surface area contributed by atoms with E-state index in [4.69, 9.17) is 34.0 Å². The van der Waals surface area contributed by atoms with Crippen molar-refractivity contribution in [3.8, 4) is 0 Å². The van der Waals surface area contributed by atoms with E-state index in [9.17, 15) is 24.0 Å². The molecule has 6 atom stereocenters. The van der Waals surface area contributed by atoms with E-state index in [1.807, 2.05) is 36.4 Å². The standard InChI is InChI=1S/C29H34N4O11/c1-16(34)32-25-23(41-17(2)35)13-29(28(38)39-5,40-15-20-10-11-21-8-6-7-9-22(21)12-20)44-27(25)26(43-19(4)37)24(14-31-33-30)42-18(3)36/h6-12,23-27H,13-15H2,1-5H3,(H,32,34)/t23-,24+,25+,26+,27+,29+/m0/s1. The summed E-state index contributed by atoms with van der Waals surface area (Å²) >= 11 is 0. The maximum absolute atomic E-state index is 13.4. The monoisotopic (exact) mass is 614 g/mol. The number of benzene rings is 2. The number of fused-ring (bicyclic) bond motifs is 1. The maximum atomic E-state index is 13.4. The van der Waals surface area contributed by atoms with Crippen molar-refractivity contribution in [2.45, 2.75) is 77.0 Å². The number of carbonyl (C=O) groups is 5. The summed E-state index contributed by atoms with van der Waals surface area (Å²) in [5.74, 6) is -6.36. The molecule has 0 aliphatic carbocycles. The fourth-order valence-electron chi connectivity index (χ4n) is 5.01. The largest absolute Gasteiger partial charge is 0.465 e. The first-order valence-electron chi connectivity index (χ1n) is 13.6. The smallest absolute Gasteiger partial charge is 0.366 e. The van der Waals surface area contributed by atoms with Crippen molar-refractivity contribution in [1.82, 2.24) is 5.32 Å². The second kappa shape index (κ2) is 15.1. The SMILES string of the molecule is COC(=O)[C@@]1(OCc2ccc3ccccc3c2)C[C@H](OC(C)=O)[C@@H](NC(C)=O)[C@H]([C@H](OC(C)=O)[C@@H](CN=[N+]=[N-])OC(C)=O)O1. The average Bonchev–Trinajstić information content (AvgIpc) is 2.96. The van der Waals surface area contributed by atoms with E-state index < -0.39 is 79.0 Å². The molecule has 1 aliphatic rings. The highest BCUT2D eigenvalue weighted by molar-refractivity contribution is 5.83. The van der Waals surface area contributed by atoms with E-state index in [1.165, 1.54) is 6.92 Å². The van der Waals surface area contributed by atoms with E-state index >= 15 is 0 Å². The zero-order valence-corrected chi connectivity index (χ0v) is 24.9. The van der Waals surface area contributed by atoms with Gasteiger partial charge in [0.2, 0.25) is 5.91 Å². The number of ether oxygens (including phenoxy) is 6.